The minimum absolute atomic E-state index is 0.193. The van der Waals surface area contributed by atoms with Crippen molar-refractivity contribution < 1.29 is 18.0 Å². The summed E-state index contributed by atoms with van der Waals surface area (Å²) in [5.41, 5.74) is -0.413. The maximum Gasteiger partial charge on any atom is 0.243 e. The lowest BCUT2D eigenvalue weighted by molar-refractivity contribution is -0.115. The van der Waals surface area contributed by atoms with Gasteiger partial charge < -0.3 is 20.9 Å². The van der Waals surface area contributed by atoms with Gasteiger partial charge in [-0.15, -0.1) is 0 Å². The third-order valence-electron chi connectivity index (χ3n) is 4.12. The van der Waals surface area contributed by atoms with Crippen LogP contribution in [0.5, 0.6) is 0 Å². The van der Waals surface area contributed by atoms with Crippen molar-refractivity contribution in [2.75, 3.05) is 45.1 Å². The Hall–Kier alpha value is -2.29. The third kappa shape index (κ3) is 5.91. The molecule has 26 heavy (non-hydrogen) atoms. The highest BCUT2D eigenvalue weighted by Crippen LogP contribution is 2.19. The van der Waals surface area contributed by atoms with Crippen LogP contribution in [0.4, 0.5) is 18.9 Å². The van der Waals surface area contributed by atoms with E-state index < -0.39 is 29.0 Å². The van der Waals surface area contributed by atoms with Gasteiger partial charge in [0.25, 0.3) is 0 Å². The molecule has 0 aliphatic carbocycles. The molecule has 1 aromatic rings. The number of rotatable bonds is 6. The number of guanidine groups is 1. The number of piperidine rings is 1. The first-order valence-corrected chi connectivity index (χ1v) is 8.61. The Balaban J connectivity index is 1.73. The van der Waals surface area contributed by atoms with E-state index in [2.05, 4.69) is 25.8 Å². The third-order valence-corrected chi connectivity index (χ3v) is 4.12. The summed E-state index contributed by atoms with van der Waals surface area (Å²) in [6, 6.07) is 1.72. The summed E-state index contributed by atoms with van der Waals surface area (Å²) in [6.45, 7) is 3.56. The molecule has 6 nitrogen and oxygen atoms in total. The maximum absolute atomic E-state index is 13.5. The molecule has 1 aromatic carbocycles. The molecule has 0 saturated carbocycles. The number of likely N-dealkylation sites (tertiary alicyclic amines) is 1. The summed E-state index contributed by atoms with van der Waals surface area (Å²) < 4.78 is 39.6. The van der Waals surface area contributed by atoms with Crippen LogP contribution in [0.2, 0.25) is 0 Å². The molecule has 1 aliphatic rings. The van der Waals surface area contributed by atoms with E-state index in [0.29, 0.717) is 12.5 Å². The zero-order valence-corrected chi connectivity index (χ0v) is 14.7. The van der Waals surface area contributed by atoms with Crippen LogP contribution in [-0.4, -0.2) is 56.5 Å². The molecule has 1 amide bonds. The fourth-order valence-corrected chi connectivity index (χ4v) is 2.72. The molecule has 0 atom stereocenters. The van der Waals surface area contributed by atoms with Crippen molar-refractivity contribution in [2.24, 2.45) is 4.99 Å². The molecule has 144 valence electrons. The van der Waals surface area contributed by atoms with Crippen molar-refractivity contribution in [3.05, 3.63) is 29.6 Å². The van der Waals surface area contributed by atoms with Gasteiger partial charge in [-0.1, -0.05) is 6.42 Å². The average molecular weight is 371 g/mol. The van der Waals surface area contributed by atoms with Gasteiger partial charge in [0.2, 0.25) is 5.91 Å². The number of anilines is 1. The Labute approximate surface area is 150 Å². The van der Waals surface area contributed by atoms with Gasteiger partial charge in [-0.25, -0.2) is 13.2 Å². The molecule has 1 fully saturated rings. The van der Waals surface area contributed by atoms with Crippen LogP contribution < -0.4 is 16.0 Å². The molecular formula is C17H24F3N5O. The molecule has 0 radical (unpaired) electrons. The van der Waals surface area contributed by atoms with Crippen LogP contribution in [0, 0.1) is 17.5 Å². The minimum atomic E-state index is -1.62. The molecule has 2 rings (SSSR count). The highest BCUT2D eigenvalue weighted by atomic mass is 19.2. The summed E-state index contributed by atoms with van der Waals surface area (Å²) >= 11 is 0. The highest BCUT2D eigenvalue weighted by molar-refractivity contribution is 5.95. The summed E-state index contributed by atoms with van der Waals surface area (Å²) in [5, 5.41) is 8.08. The lowest BCUT2D eigenvalue weighted by Crippen LogP contribution is -2.44. The number of hydrogen-bond donors (Lipinski definition) is 3. The van der Waals surface area contributed by atoms with Crippen molar-refractivity contribution >= 4 is 17.6 Å². The predicted octanol–water partition coefficient (Wildman–Crippen LogP) is 1.69. The van der Waals surface area contributed by atoms with Crippen molar-refractivity contribution in [3.8, 4) is 0 Å². The molecular weight excluding hydrogens is 347 g/mol. The number of amides is 1. The minimum Gasteiger partial charge on any atom is -0.355 e. The van der Waals surface area contributed by atoms with E-state index in [1.54, 1.807) is 7.05 Å². The summed E-state index contributed by atoms with van der Waals surface area (Å²) in [6.07, 6.45) is 3.71. The molecule has 1 heterocycles. The van der Waals surface area contributed by atoms with E-state index in [0.717, 1.165) is 31.8 Å². The molecule has 0 aromatic heterocycles. The van der Waals surface area contributed by atoms with E-state index in [9.17, 15) is 18.0 Å². The second-order valence-corrected chi connectivity index (χ2v) is 6.03. The molecule has 9 heteroatoms. The van der Waals surface area contributed by atoms with Crippen LogP contribution in [-0.2, 0) is 4.79 Å². The van der Waals surface area contributed by atoms with Crippen LogP contribution in [0.15, 0.2) is 17.1 Å². The lowest BCUT2D eigenvalue weighted by atomic mass is 10.1. The molecule has 1 saturated heterocycles. The van der Waals surface area contributed by atoms with E-state index in [4.69, 9.17) is 0 Å². The number of benzene rings is 1. The Morgan fingerprint density at radius 2 is 1.85 bits per heavy atom. The van der Waals surface area contributed by atoms with E-state index in [-0.39, 0.29) is 6.54 Å². The number of carbonyl (C=O) groups excluding carboxylic acids is 1. The highest BCUT2D eigenvalue weighted by Gasteiger charge is 2.15. The number of nitrogens with one attached hydrogen (secondary N) is 3. The van der Waals surface area contributed by atoms with Gasteiger partial charge >= 0.3 is 0 Å². The van der Waals surface area contributed by atoms with E-state index in [1.165, 1.54) is 19.3 Å². The predicted molar refractivity (Wildman–Crippen MR) is 94.6 cm³/mol. The Kier molecular flexibility index (Phi) is 7.71. The smallest absolute Gasteiger partial charge is 0.243 e. The second-order valence-electron chi connectivity index (χ2n) is 6.03. The number of aliphatic imine (C=N–C) groups is 1. The van der Waals surface area contributed by atoms with Crippen LogP contribution in [0.25, 0.3) is 0 Å². The first-order chi connectivity index (χ1) is 12.5. The van der Waals surface area contributed by atoms with Gasteiger partial charge in [-0.3, -0.25) is 9.79 Å². The molecule has 0 unspecified atom stereocenters. The van der Waals surface area contributed by atoms with Gasteiger partial charge in [0.15, 0.2) is 23.4 Å². The van der Waals surface area contributed by atoms with Crippen LogP contribution in [0.3, 0.4) is 0 Å². The fraction of sp³-hybridized carbons (Fsp3) is 0.529. The lowest BCUT2D eigenvalue weighted by Gasteiger charge is -2.26. The largest absolute Gasteiger partial charge is 0.355 e. The maximum atomic E-state index is 13.5. The Morgan fingerprint density at radius 3 is 2.54 bits per heavy atom. The second kappa shape index (κ2) is 10.0. The van der Waals surface area contributed by atoms with Gasteiger partial charge in [-0.05, 0) is 38.1 Å². The SMILES string of the molecule is CN=C(NCCN1CCCCC1)NCC(=O)Nc1ccc(F)c(F)c1F. The Morgan fingerprint density at radius 1 is 1.12 bits per heavy atom. The first-order valence-electron chi connectivity index (χ1n) is 8.61. The zero-order chi connectivity index (χ0) is 18.9. The fourth-order valence-electron chi connectivity index (χ4n) is 2.72. The number of carbonyl (C=O) groups is 1. The van der Waals surface area contributed by atoms with Crippen molar-refractivity contribution in [3.63, 3.8) is 0 Å². The number of halogens is 3. The zero-order valence-electron chi connectivity index (χ0n) is 14.7. The van der Waals surface area contributed by atoms with Gasteiger partial charge in [0.1, 0.15) is 0 Å². The number of hydrogen-bond acceptors (Lipinski definition) is 3. The molecule has 0 spiro atoms. The van der Waals surface area contributed by atoms with Gasteiger partial charge in [0, 0.05) is 20.1 Å². The molecule has 1 aliphatic heterocycles. The average Bonchev–Trinajstić information content (AvgIpc) is 2.66. The molecule has 0 bridgehead atoms. The van der Waals surface area contributed by atoms with Crippen LogP contribution >= 0.6 is 0 Å². The van der Waals surface area contributed by atoms with Crippen molar-refractivity contribution in [2.45, 2.75) is 19.3 Å². The summed E-state index contributed by atoms with van der Waals surface area (Å²) in [7, 11) is 1.57. The van der Waals surface area contributed by atoms with Crippen molar-refractivity contribution in [1.82, 2.24) is 15.5 Å². The van der Waals surface area contributed by atoms with E-state index >= 15 is 0 Å². The quantitative estimate of drug-likeness (QED) is 0.404. The standard InChI is InChI=1S/C17H24F3N5O/c1-21-17(22-7-10-25-8-3-2-4-9-25)23-11-14(26)24-13-6-5-12(18)15(19)16(13)20/h5-6H,2-4,7-11H2,1H3,(H,24,26)(H2,21,22,23). The van der Waals surface area contributed by atoms with Gasteiger partial charge in [0.05, 0.1) is 12.2 Å². The monoisotopic (exact) mass is 371 g/mol. The Bertz CT molecular complexity index is 648. The topological polar surface area (TPSA) is 68.8 Å². The first kappa shape index (κ1) is 20.0. The van der Waals surface area contributed by atoms with Gasteiger partial charge in [-0.2, -0.15) is 0 Å². The summed E-state index contributed by atoms with van der Waals surface area (Å²) in [5.74, 6) is -4.53. The van der Waals surface area contributed by atoms with E-state index in [1.807, 2.05) is 0 Å². The number of nitrogens with zero attached hydrogens (tertiary/aromatic N) is 2. The summed E-state index contributed by atoms with van der Waals surface area (Å²) in [4.78, 5) is 18.2. The normalized spacial score (nSPS) is 15.6. The van der Waals surface area contributed by atoms with Crippen LogP contribution in [0.1, 0.15) is 19.3 Å². The molecule has 3 N–H and O–H groups in total. The van der Waals surface area contributed by atoms with Crippen molar-refractivity contribution in [1.29, 1.82) is 0 Å².